The Hall–Kier alpha value is -2.92. The van der Waals surface area contributed by atoms with E-state index >= 15 is 0 Å². The number of methoxy groups -OCH3 is 1. The lowest BCUT2D eigenvalue weighted by molar-refractivity contribution is -0.121. The van der Waals surface area contributed by atoms with Crippen molar-refractivity contribution in [1.29, 1.82) is 0 Å². The number of benzene rings is 2. The van der Waals surface area contributed by atoms with E-state index in [1.165, 1.54) is 15.3 Å². The molecule has 5 rings (SSSR count). The first-order chi connectivity index (χ1) is 16.3. The predicted octanol–water partition coefficient (Wildman–Crippen LogP) is 3.54. The van der Waals surface area contributed by atoms with E-state index in [9.17, 15) is 18.0 Å². The molecule has 8 nitrogen and oxygen atoms in total. The van der Waals surface area contributed by atoms with Crippen LogP contribution in [-0.2, 0) is 14.8 Å². The molecule has 0 spiro atoms. The Morgan fingerprint density at radius 3 is 2.65 bits per heavy atom. The molecule has 1 atom stereocenters. The van der Waals surface area contributed by atoms with Gasteiger partial charge in [0.25, 0.3) is 15.9 Å². The zero-order chi connectivity index (χ0) is 24.0. The van der Waals surface area contributed by atoms with Crippen LogP contribution in [-0.4, -0.2) is 62.2 Å². The number of nitrogens with one attached hydrogen (secondary N) is 1. The molecular formula is C23H20ClN3O5S2. The van der Waals surface area contributed by atoms with Gasteiger partial charge in [0.1, 0.15) is 16.0 Å². The second kappa shape index (κ2) is 8.70. The van der Waals surface area contributed by atoms with Crippen molar-refractivity contribution in [3.63, 3.8) is 0 Å². The van der Waals surface area contributed by atoms with E-state index in [2.05, 4.69) is 5.32 Å². The van der Waals surface area contributed by atoms with Crippen LogP contribution in [0.4, 0.5) is 5.69 Å². The number of sulfonamides is 1. The second-order valence-electron chi connectivity index (χ2n) is 7.90. The van der Waals surface area contributed by atoms with Crippen molar-refractivity contribution in [3.8, 4) is 16.9 Å². The largest absolute Gasteiger partial charge is 0.496 e. The van der Waals surface area contributed by atoms with Gasteiger partial charge in [0.05, 0.1) is 18.4 Å². The van der Waals surface area contributed by atoms with E-state index in [0.717, 1.165) is 11.3 Å². The third-order valence-corrected chi connectivity index (χ3v) is 9.45. The molecule has 1 aromatic heterocycles. The number of anilines is 1. The third-order valence-electron chi connectivity index (χ3n) is 5.98. The topological polar surface area (TPSA) is 96.0 Å². The van der Waals surface area contributed by atoms with Crippen molar-refractivity contribution in [2.45, 2.75) is 10.3 Å². The Balaban J connectivity index is 1.49. The van der Waals surface area contributed by atoms with Gasteiger partial charge in [-0.25, -0.2) is 8.42 Å². The van der Waals surface area contributed by atoms with Crippen LogP contribution in [0.3, 0.4) is 0 Å². The summed E-state index contributed by atoms with van der Waals surface area (Å²) < 4.78 is 32.9. The molecule has 1 N–H and O–H groups in total. The summed E-state index contributed by atoms with van der Waals surface area (Å²) in [5, 5.41) is 5.01. The summed E-state index contributed by atoms with van der Waals surface area (Å²) in [6, 6.07) is 12.6. The molecule has 1 fully saturated rings. The lowest BCUT2D eigenvalue weighted by Crippen LogP contribution is -2.59. The summed E-state index contributed by atoms with van der Waals surface area (Å²) in [5.41, 5.74) is 2.12. The van der Waals surface area contributed by atoms with Crippen LogP contribution in [0.25, 0.3) is 11.1 Å². The Morgan fingerprint density at radius 2 is 1.91 bits per heavy atom. The highest BCUT2D eigenvalue weighted by molar-refractivity contribution is 7.91. The smallest absolute Gasteiger partial charge is 0.256 e. The van der Waals surface area contributed by atoms with Crippen molar-refractivity contribution in [3.05, 3.63) is 64.5 Å². The number of fused-ring (bicyclic) bond motifs is 2. The molecule has 0 radical (unpaired) electrons. The quantitative estimate of drug-likeness (QED) is 0.571. The number of hydrogen-bond acceptors (Lipinski definition) is 6. The lowest BCUT2D eigenvalue weighted by atomic mass is 10.00. The van der Waals surface area contributed by atoms with Gasteiger partial charge >= 0.3 is 0 Å². The van der Waals surface area contributed by atoms with E-state index in [1.807, 2.05) is 0 Å². The summed E-state index contributed by atoms with van der Waals surface area (Å²) in [6.07, 6.45) is 0. The highest BCUT2D eigenvalue weighted by atomic mass is 35.5. The Morgan fingerprint density at radius 1 is 1.09 bits per heavy atom. The minimum Gasteiger partial charge on any atom is -0.496 e. The van der Waals surface area contributed by atoms with E-state index in [-0.39, 0.29) is 29.8 Å². The standard InChI is InChI=1S/C23H20ClN3O5S2/c1-32-20-7-5-15(24)12-16(20)14-4-6-18-17(11-14)23(29)27-9-8-26(13-19(27)22(28)25-18)34(30,31)21-3-2-10-33-21/h2-7,10-12,19H,8-9,13H2,1H3,(H,25,28)/t19-/m0/s1. The van der Waals surface area contributed by atoms with Gasteiger partial charge < -0.3 is 15.0 Å². The van der Waals surface area contributed by atoms with Crippen LogP contribution in [0.5, 0.6) is 5.75 Å². The molecule has 2 aliphatic heterocycles. The first-order valence-electron chi connectivity index (χ1n) is 10.4. The van der Waals surface area contributed by atoms with Gasteiger partial charge in [-0.05, 0) is 47.3 Å². The summed E-state index contributed by atoms with van der Waals surface area (Å²) in [4.78, 5) is 28.0. The number of ether oxygens (including phenoxy) is 1. The number of nitrogens with zero attached hydrogens (tertiary/aromatic N) is 2. The number of hydrogen-bond donors (Lipinski definition) is 1. The molecule has 11 heteroatoms. The molecule has 2 amide bonds. The van der Waals surface area contributed by atoms with Crippen molar-refractivity contribution in [1.82, 2.24) is 9.21 Å². The predicted molar refractivity (Wildman–Crippen MR) is 130 cm³/mol. The van der Waals surface area contributed by atoms with E-state index in [0.29, 0.717) is 33.1 Å². The maximum atomic E-state index is 13.5. The van der Waals surface area contributed by atoms with E-state index in [1.54, 1.807) is 55.0 Å². The molecule has 1 saturated heterocycles. The summed E-state index contributed by atoms with van der Waals surface area (Å²) in [7, 11) is -2.19. The Kier molecular flexibility index (Phi) is 5.85. The van der Waals surface area contributed by atoms with Crippen LogP contribution in [0.1, 0.15) is 10.4 Å². The van der Waals surface area contributed by atoms with Crippen molar-refractivity contribution < 1.29 is 22.7 Å². The monoisotopic (exact) mass is 517 g/mol. The van der Waals surface area contributed by atoms with Crippen LogP contribution in [0.15, 0.2) is 58.1 Å². The Bertz CT molecular complexity index is 1390. The average molecular weight is 518 g/mol. The van der Waals surface area contributed by atoms with Gasteiger partial charge in [-0.1, -0.05) is 23.7 Å². The van der Waals surface area contributed by atoms with Crippen LogP contribution in [0.2, 0.25) is 5.02 Å². The van der Waals surface area contributed by atoms with Gasteiger partial charge in [0.15, 0.2) is 0 Å². The van der Waals surface area contributed by atoms with Gasteiger partial charge in [-0.2, -0.15) is 4.31 Å². The maximum absolute atomic E-state index is 13.5. The minimum atomic E-state index is -3.74. The average Bonchev–Trinajstić information content (AvgIpc) is 3.36. The number of rotatable bonds is 4. The zero-order valence-corrected chi connectivity index (χ0v) is 20.4. The first kappa shape index (κ1) is 22.9. The molecule has 0 aliphatic carbocycles. The first-order valence-corrected chi connectivity index (χ1v) is 13.1. The normalized spacial score (nSPS) is 18.6. The van der Waals surface area contributed by atoms with Crippen molar-refractivity contribution >= 4 is 50.5 Å². The van der Waals surface area contributed by atoms with Crippen LogP contribution >= 0.6 is 22.9 Å². The highest BCUT2D eigenvalue weighted by Gasteiger charge is 2.42. The third kappa shape index (κ3) is 3.86. The van der Waals surface area contributed by atoms with Crippen LogP contribution < -0.4 is 10.1 Å². The summed E-state index contributed by atoms with van der Waals surface area (Å²) in [5.74, 6) is -0.166. The molecule has 0 unspecified atom stereocenters. The van der Waals surface area contributed by atoms with Crippen molar-refractivity contribution in [2.24, 2.45) is 0 Å². The van der Waals surface area contributed by atoms with Gasteiger partial charge in [0, 0.05) is 30.2 Å². The van der Waals surface area contributed by atoms with Gasteiger partial charge in [0.2, 0.25) is 5.91 Å². The van der Waals surface area contributed by atoms with E-state index in [4.69, 9.17) is 16.3 Å². The fourth-order valence-electron chi connectivity index (χ4n) is 4.26. The van der Waals surface area contributed by atoms with Gasteiger partial charge in [-0.3, -0.25) is 9.59 Å². The molecule has 34 heavy (non-hydrogen) atoms. The SMILES string of the molecule is COc1ccc(Cl)cc1-c1ccc2c(c1)C(=O)N1CCN(S(=O)(=O)c3cccs3)C[C@H]1C(=O)N2. The summed E-state index contributed by atoms with van der Waals surface area (Å²) >= 11 is 7.30. The molecular weight excluding hydrogens is 498 g/mol. The maximum Gasteiger partial charge on any atom is 0.256 e. The van der Waals surface area contributed by atoms with Crippen LogP contribution in [0, 0.1) is 0 Å². The number of carbonyl (C=O) groups excluding carboxylic acids is 2. The highest BCUT2D eigenvalue weighted by Crippen LogP contribution is 2.36. The number of piperazine rings is 1. The van der Waals surface area contributed by atoms with Gasteiger partial charge in [-0.15, -0.1) is 11.3 Å². The zero-order valence-electron chi connectivity index (χ0n) is 18.0. The molecule has 3 aromatic rings. The number of amides is 2. The fourth-order valence-corrected chi connectivity index (χ4v) is 7.01. The molecule has 176 valence electrons. The minimum absolute atomic E-state index is 0.103. The number of halogens is 1. The molecule has 0 bridgehead atoms. The lowest BCUT2D eigenvalue weighted by Gasteiger charge is -2.38. The number of carbonyl (C=O) groups is 2. The second-order valence-corrected chi connectivity index (χ2v) is 11.5. The summed E-state index contributed by atoms with van der Waals surface area (Å²) in [6.45, 7) is 0.0966. The fraction of sp³-hybridized carbons (Fsp3) is 0.217. The molecule has 0 saturated carbocycles. The molecule has 2 aromatic carbocycles. The van der Waals surface area contributed by atoms with E-state index < -0.39 is 22.0 Å². The molecule has 2 aliphatic rings. The van der Waals surface area contributed by atoms with Crippen molar-refractivity contribution in [2.75, 3.05) is 32.1 Å². The number of thiophene rings is 1. The Labute approximate surface area is 205 Å². The molecule has 3 heterocycles.